The third kappa shape index (κ3) is 3.79. The average molecular weight is 278 g/mol. The molecule has 1 aromatic carbocycles. The minimum absolute atomic E-state index is 0.155. The van der Waals surface area contributed by atoms with E-state index in [0.717, 1.165) is 24.9 Å². The number of hydrogen-bond acceptors (Lipinski definition) is 2. The molecule has 1 fully saturated rings. The van der Waals surface area contributed by atoms with E-state index in [1.54, 1.807) is 12.1 Å². The maximum Gasteiger partial charge on any atom is 0.222 e. The number of likely N-dealkylation sites (tertiary alicyclic amines) is 1. The number of benzene rings is 1. The standard InChI is InChI=1S/C16H23FN2O/c1-16(2)7-6-15(20)19(9-8-16)11-14(18)12-4-3-5-13(17)10-12/h3-5,10,14H,6-9,11,18H2,1-2H3. The summed E-state index contributed by atoms with van der Waals surface area (Å²) in [4.78, 5) is 14.0. The van der Waals surface area contributed by atoms with Gasteiger partial charge in [-0.1, -0.05) is 26.0 Å². The van der Waals surface area contributed by atoms with Crippen LogP contribution in [0.25, 0.3) is 0 Å². The first kappa shape index (κ1) is 15.0. The lowest BCUT2D eigenvalue weighted by Gasteiger charge is -2.26. The molecule has 20 heavy (non-hydrogen) atoms. The lowest BCUT2D eigenvalue weighted by atomic mass is 9.85. The molecule has 2 rings (SSSR count). The highest BCUT2D eigenvalue weighted by Gasteiger charge is 2.28. The van der Waals surface area contributed by atoms with Gasteiger partial charge < -0.3 is 10.6 Å². The molecule has 0 saturated carbocycles. The van der Waals surface area contributed by atoms with Crippen LogP contribution in [0.15, 0.2) is 24.3 Å². The Hall–Kier alpha value is -1.42. The van der Waals surface area contributed by atoms with Crippen LogP contribution in [0.2, 0.25) is 0 Å². The van der Waals surface area contributed by atoms with E-state index in [-0.39, 0.29) is 23.2 Å². The molecule has 1 aromatic rings. The van der Waals surface area contributed by atoms with Gasteiger partial charge in [-0.25, -0.2) is 4.39 Å². The Kier molecular flexibility index (Phi) is 4.43. The predicted octanol–water partition coefficient (Wildman–Crippen LogP) is 2.86. The number of nitrogens with zero attached hydrogens (tertiary/aromatic N) is 1. The summed E-state index contributed by atoms with van der Waals surface area (Å²) in [7, 11) is 0. The van der Waals surface area contributed by atoms with Crippen molar-refractivity contribution >= 4 is 5.91 Å². The SMILES string of the molecule is CC1(C)CCC(=O)N(CC(N)c2cccc(F)c2)CC1. The van der Waals surface area contributed by atoms with Crippen molar-refractivity contribution < 1.29 is 9.18 Å². The second-order valence-corrected chi connectivity index (χ2v) is 6.42. The summed E-state index contributed by atoms with van der Waals surface area (Å²) in [5.74, 6) is -0.135. The largest absolute Gasteiger partial charge is 0.341 e. The molecule has 1 atom stereocenters. The molecular formula is C16H23FN2O. The van der Waals surface area contributed by atoms with Crippen molar-refractivity contribution in [2.45, 2.75) is 39.2 Å². The van der Waals surface area contributed by atoms with Crippen LogP contribution < -0.4 is 5.73 Å². The van der Waals surface area contributed by atoms with Crippen LogP contribution >= 0.6 is 0 Å². The lowest BCUT2D eigenvalue weighted by molar-refractivity contribution is -0.130. The second-order valence-electron chi connectivity index (χ2n) is 6.42. The van der Waals surface area contributed by atoms with Gasteiger partial charge in [0.15, 0.2) is 0 Å². The Bertz CT molecular complexity index is 487. The normalized spacial score (nSPS) is 20.6. The van der Waals surface area contributed by atoms with Crippen LogP contribution in [0.3, 0.4) is 0 Å². The highest BCUT2D eigenvalue weighted by atomic mass is 19.1. The van der Waals surface area contributed by atoms with Gasteiger partial charge in [0.25, 0.3) is 0 Å². The smallest absolute Gasteiger partial charge is 0.222 e. The Morgan fingerprint density at radius 1 is 1.40 bits per heavy atom. The fourth-order valence-electron chi connectivity index (χ4n) is 2.56. The van der Waals surface area contributed by atoms with Gasteiger partial charge in [0.05, 0.1) is 0 Å². The molecule has 0 aromatic heterocycles. The van der Waals surface area contributed by atoms with Crippen molar-refractivity contribution in [1.29, 1.82) is 0 Å². The molecule has 2 N–H and O–H groups in total. The molecule has 3 nitrogen and oxygen atoms in total. The number of nitrogens with two attached hydrogens (primary N) is 1. The molecule has 1 saturated heterocycles. The van der Waals surface area contributed by atoms with Gasteiger partial charge in [-0.2, -0.15) is 0 Å². The van der Waals surface area contributed by atoms with E-state index in [2.05, 4.69) is 13.8 Å². The zero-order valence-electron chi connectivity index (χ0n) is 12.2. The van der Waals surface area contributed by atoms with Crippen molar-refractivity contribution in [2.24, 2.45) is 11.1 Å². The van der Waals surface area contributed by atoms with Crippen molar-refractivity contribution in [3.8, 4) is 0 Å². The fourth-order valence-corrected chi connectivity index (χ4v) is 2.56. The van der Waals surface area contributed by atoms with E-state index in [1.165, 1.54) is 12.1 Å². The van der Waals surface area contributed by atoms with Crippen molar-refractivity contribution in [3.63, 3.8) is 0 Å². The number of carbonyl (C=O) groups excluding carboxylic acids is 1. The Balaban J connectivity index is 2.03. The second kappa shape index (κ2) is 5.92. The summed E-state index contributed by atoms with van der Waals surface area (Å²) in [6.45, 7) is 5.57. The van der Waals surface area contributed by atoms with Crippen LogP contribution in [0.4, 0.5) is 4.39 Å². The number of rotatable bonds is 3. The van der Waals surface area contributed by atoms with Gasteiger partial charge in [-0.3, -0.25) is 4.79 Å². The summed E-state index contributed by atoms with van der Waals surface area (Å²) in [5.41, 5.74) is 7.05. The van der Waals surface area contributed by atoms with E-state index < -0.39 is 0 Å². The molecule has 110 valence electrons. The quantitative estimate of drug-likeness (QED) is 0.924. The highest BCUT2D eigenvalue weighted by Crippen LogP contribution is 2.30. The van der Waals surface area contributed by atoms with E-state index in [4.69, 9.17) is 5.73 Å². The van der Waals surface area contributed by atoms with E-state index in [9.17, 15) is 9.18 Å². The number of carbonyl (C=O) groups is 1. The summed E-state index contributed by atoms with van der Waals surface area (Å²) < 4.78 is 13.2. The molecule has 1 unspecified atom stereocenters. The molecule has 0 aliphatic carbocycles. The van der Waals surface area contributed by atoms with E-state index in [0.29, 0.717) is 13.0 Å². The zero-order valence-corrected chi connectivity index (χ0v) is 12.2. The van der Waals surface area contributed by atoms with Crippen molar-refractivity contribution in [1.82, 2.24) is 4.90 Å². The molecular weight excluding hydrogens is 255 g/mol. The Morgan fingerprint density at radius 2 is 2.15 bits per heavy atom. The zero-order chi connectivity index (χ0) is 14.8. The van der Waals surface area contributed by atoms with Crippen LogP contribution in [-0.2, 0) is 4.79 Å². The topological polar surface area (TPSA) is 46.3 Å². The number of hydrogen-bond donors (Lipinski definition) is 1. The maximum absolute atomic E-state index is 13.2. The van der Waals surface area contributed by atoms with Crippen molar-refractivity contribution in [2.75, 3.05) is 13.1 Å². The predicted molar refractivity (Wildman–Crippen MR) is 77.5 cm³/mol. The van der Waals surface area contributed by atoms with Crippen LogP contribution in [0.1, 0.15) is 44.7 Å². The van der Waals surface area contributed by atoms with Crippen LogP contribution in [-0.4, -0.2) is 23.9 Å². The summed E-state index contributed by atoms with van der Waals surface area (Å²) in [6, 6.07) is 5.96. The van der Waals surface area contributed by atoms with Gasteiger partial charge in [0.1, 0.15) is 5.82 Å². The highest BCUT2D eigenvalue weighted by molar-refractivity contribution is 5.76. The van der Waals surface area contributed by atoms with Crippen LogP contribution in [0, 0.1) is 11.2 Å². The van der Waals surface area contributed by atoms with Gasteiger partial charge in [0, 0.05) is 25.6 Å². The molecule has 1 aliphatic rings. The van der Waals surface area contributed by atoms with Gasteiger partial charge in [-0.15, -0.1) is 0 Å². The van der Waals surface area contributed by atoms with E-state index in [1.807, 2.05) is 4.90 Å². The van der Waals surface area contributed by atoms with E-state index >= 15 is 0 Å². The van der Waals surface area contributed by atoms with Gasteiger partial charge in [0.2, 0.25) is 5.91 Å². The maximum atomic E-state index is 13.2. The summed E-state index contributed by atoms with van der Waals surface area (Å²) in [5, 5.41) is 0. The monoisotopic (exact) mass is 278 g/mol. The molecule has 1 heterocycles. The molecule has 4 heteroatoms. The molecule has 0 spiro atoms. The molecule has 1 amide bonds. The minimum atomic E-state index is -0.337. The fraction of sp³-hybridized carbons (Fsp3) is 0.562. The van der Waals surface area contributed by atoms with Crippen LogP contribution in [0.5, 0.6) is 0 Å². The van der Waals surface area contributed by atoms with Gasteiger partial charge >= 0.3 is 0 Å². The van der Waals surface area contributed by atoms with Gasteiger partial charge in [-0.05, 0) is 36.0 Å². The Labute approximate surface area is 120 Å². The lowest BCUT2D eigenvalue weighted by Crippen LogP contribution is -2.37. The third-order valence-corrected chi connectivity index (χ3v) is 4.12. The third-order valence-electron chi connectivity index (χ3n) is 4.12. The Morgan fingerprint density at radius 3 is 2.85 bits per heavy atom. The summed E-state index contributed by atoms with van der Waals surface area (Å²) >= 11 is 0. The molecule has 1 aliphatic heterocycles. The average Bonchev–Trinajstić information content (AvgIpc) is 2.52. The first-order valence-corrected chi connectivity index (χ1v) is 7.16. The summed E-state index contributed by atoms with van der Waals surface area (Å²) in [6.07, 6.45) is 2.47. The minimum Gasteiger partial charge on any atom is -0.341 e. The molecule has 0 bridgehead atoms. The first-order chi connectivity index (χ1) is 9.37. The number of amides is 1. The first-order valence-electron chi connectivity index (χ1n) is 7.16. The molecule has 0 radical (unpaired) electrons. The van der Waals surface area contributed by atoms with Crippen molar-refractivity contribution in [3.05, 3.63) is 35.6 Å². The number of halogens is 1.